The summed E-state index contributed by atoms with van der Waals surface area (Å²) >= 11 is 5.97. The SMILES string of the molecule is CCOc1c(C(=O)O)ccc(Cl)c1CC. The van der Waals surface area contributed by atoms with E-state index in [9.17, 15) is 4.79 Å². The molecule has 0 heterocycles. The number of benzene rings is 1. The summed E-state index contributed by atoms with van der Waals surface area (Å²) in [6.45, 7) is 4.15. The summed E-state index contributed by atoms with van der Waals surface area (Å²) in [5, 5.41) is 9.53. The van der Waals surface area contributed by atoms with E-state index < -0.39 is 5.97 Å². The molecule has 1 rings (SSSR count). The maximum Gasteiger partial charge on any atom is 0.339 e. The van der Waals surface area contributed by atoms with E-state index in [1.54, 1.807) is 6.07 Å². The summed E-state index contributed by atoms with van der Waals surface area (Å²) in [5.74, 6) is -0.607. The van der Waals surface area contributed by atoms with Gasteiger partial charge in [-0.05, 0) is 25.5 Å². The standard InChI is InChI=1S/C11H13ClO3/c1-3-7-9(12)6-5-8(11(13)14)10(7)15-4-2/h5-6H,3-4H2,1-2H3,(H,13,14). The summed E-state index contributed by atoms with van der Waals surface area (Å²) in [6, 6.07) is 3.06. The highest BCUT2D eigenvalue weighted by molar-refractivity contribution is 6.31. The highest BCUT2D eigenvalue weighted by Crippen LogP contribution is 2.31. The van der Waals surface area contributed by atoms with E-state index in [4.69, 9.17) is 21.4 Å². The molecule has 1 aromatic carbocycles. The molecule has 0 aliphatic carbocycles. The van der Waals surface area contributed by atoms with Crippen molar-refractivity contribution in [3.63, 3.8) is 0 Å². The third-order valence-corrected chi connectivity index (χ3v) is 2.43. The number of carboxylic acids is 1. The molecule has 3 nitrogen and oxygen atoms in total. The molecule has 0 atom stereocenters. The molecule has 0 aliphatic heterocycles. The Hall–Kier alpha value is -1.22. The van der Waals surface area contributed by atoms with Gasteiger partial charge in [0.2, 0.25) is 0 Å². The van der Waals surface area contributed by atoms with E-state index in [0.717, 1.165) is 5.56 Å². The number of rotatable bonds is 4. The van der Waals surface area contributed by atoms with Crippen molar-refractivity contribution in [1.29, 1.82) is 0 Å². The molecule has 0 unspecified atom stereocenters. The Bertz CT molecular complexity index is 374. The van der Waals surface area contributed by atoms with E-state index >= 15 is 0 Å². The summed E-state index contributed by atoms with van der Waals surface area (Å²) in [4.78, 5) is 11.0. The summed E-state index contributed by atoms with van der Waals surface area (Å²) < 4.78 is 5.34. The molecule has 4 heteroatoms. The van der Waals surface area contributed by atoms with Gasteiger partial charge in [-0.1, -0.05) is 18.5 Å². The van der Waals surface area contributed by atoms with Crippen LogP contribution in [-0.4, -0.2) is 17.7 Å². The molecule has 0 aromatic heterocycles. The molecule has 0 aliphatic rings. The average Bonchev–Trinajstić information content (AvgIpc) is 2.18. The van der Waals surface area contributed by atoms with Gasteiger partial charge >= 0.3 is 5.97 Å². The first kappa shape index (κ1) is 11.9. The molecular formula is C11H13ClO3. The lowest BCUT2D eigenvalue weighted by molar-refractivity contribution is 0.0692. The summed E-state index contributed by atoms with van der Waals surface area (Å²) in [5.41, 5.74) is 0.913. The van der Waals surface area contributed by atoms with Crippen LogP contribution in [-0.2, 0) is 6.42 Å². The van der Waals surface area contributed by atoms with Crippen LogP contribution >= 0.6 is 11.6 Å². The average molecular weight is 229 g/mol. The predicted molar refractivity (Wildman–Crippen MR) is 59.0 cm³/mol. The Morgan fingerprint density at radius 3 is 2.60 bits per heavy atom. The number of hydrogen-bond donors (Lipinski definition) is 1. The molecule has 0 fully saturated rings. The van der Waals surface area contributed by atoms with Gasteiger partial charge in [-0.3, -0.25) is 0 Å². The highest BCUT2D eigenvalue weighted by Gasteiger charge is 2.16. The van der Waals surface area contributed by atoms with Crippen LogP contribution in [0.1, 0.15) is 29.8 Å². The Morgan fingerprint density at radius 2 is 2.13 bits per heavy atom. The fourth-order valence-electron chi connectivity index (χ4n) is 1.41. The van der Waals surface area contributed by atoms with Crippen LogP contribution in [0.2, 0.25) is 5.02 Å². The molecule has 0 amide bonds. The molecule has 1 N–H and O–H groups in total. The van der Waals surface area contributed by atoms with Crippen molar-refractivity contribution in [3.8, 4) is 5.75 Å². The first-order chi connectivity index (χ1) is 7.11. The van der Waals surface area contributed by atoms with Gasteiger partial charge in [0.05, 0.1) is 6.61 Å². The normalized spacial score (nSPS) is 10.1. The molecule has 82 valence electrons. The zero-order valence-electron chi connectivity index (χ0n) is 8.71. The first-order valence-corrected chi connectivity index (χ1v) is 5.17. The van der Waals surface area contributed by atoms with Crippen molar-refractivity contribution in [1.82, 2.24) is 0 Å². The van der Waals surface area contributed by atoms with Crippen LogP contribution < -0.4 is 4.74 Å². The second kappa shape index (κ2) is 5.03. The third kappa shape index (κ3) is 2.42. The minimum atomic E-state index is -0.996. The number of ether oxygens (including phenoxy) is 1. The summed E-state index contributed by atoms with van der Waals surface area (Å²) in [7, 11) is 0. The quantitative estimate of drug-likeness (QED) is 0.862. The lowest BCUT2D eigenvalue weighted by Gasteiger charge is -2.13. The van der Waals surface area contributed by atoms with Gasteiger partial charge in [0.25, 0.3) is 0 Å². The minimum absolute atomic E-state index is 0.165. The van der Waals surface area contributed by atoms with E-state index in [1.807, 2.05) is 13.8 Å². The molecule has 0 radical (unpaired) electrons. The number of hydrogen-bond acceptors (Lipinski definition) is 2. The molecule has 15 heavy (non-hydrogen) atoms. The van der Waals surface area contributed by atoms with Crippen molar-refractivity contribution in [3.05, 3.63) is 28.3 Å². The van der Waals surface area contributed by atoms with Crippen LogP contribution in [0.4, 0.5) is 0 Å². The molecular weight excluding hydrogens is 216 g/mol. The fourth-order valence-corrected chi connectivity index (χ4v) is 1.69. The van der Waals surface area contributed by atoms with E-state index in [-0.39, 0.29) is 5.56 Å². The van der Waals surface area contributed by atoms with Crippen LogP contribution in [0.3, 0.4) is 0 Å². The Morgan fingerprint density at radius 1 is 1.47 bits per heavy atom. The smallest absolute Gasteiger partial charge is 0.339 e. The molecule has 1 aromatic rings. The van der Waals surface area contributed by atoms with Crippen molar-refractivity contribution in [2.24, 2.45) is 0 Å². The highest BCUT2D eigenvalue weighted by atomic mass is 35.5. The van der Waals surface area contributed by atoms with Crippen molar-refractivity contribution >= 4 is 17.6 Å². The van der Waals surface area contributed by atoms with Crippen molar-refractivity contribution < 1.29 is 14.6 Å². The minimum Gasteiger partial charge on any atom is -0.493 e. The molecule has 0 saturated heterocycles. The number of carbonyl (C=O) groups is 1. The summed E-state index contributed by atoms with van der Waals surface area (Å²) in [6.07, 6.45) is 0.648. The van der Waals surface area contributed by atoms with Gasteiger partial charge in [-0.2, -0.15) is 0 Å². The molecule has 0 bridgehead atoms. The van der Waals surface area contributed by atoms with Crippen LogP contribution in [0.15, 0.2) is 12.1 Å². The second-order valence-electron chi connectivity index (χ2n) is 2.99. The number of aromatic carboxylic acids is 1. The Kier molecular flexibility index (Phi) is 3.97. The molecule has 0 spiro atoms. The van der Waals surface area contributed by atoms with E-state index in [0.29, 0.717) is 23.8 Å². The van der Waals surface area contributed by atoms with E-state index in [2.05, 4.69) is 0 Å². The van der Waals surface area contributed by atoms with Gasteiger partial charge in [-0.15, -0.1) is 0 Å². The monoisotopic (exact) mass is 228 g/mol. The number of carboxylic acid groups (broad SMARTS) is 1. The second-order valence-corrected chi connectivity index (χ2v) is 3.40. The van der Waals surface area contributed by atoms with Gasteiger partial charge < -0.3 is 9.84 Å². The van der Waals surface area contributed by atoms with Gasteiger partial charge in [-0.25, -0.2) is 4.79 Å². The van der Waals surface area contributed by atoms with Gasteiger partial charge in [0, 0.05) is 10.6 Å². The maximum atomic E-state index is 11.0. The van der Waals surface area contributed by atoms with Crippen LogP contribution in [0.25, 0.3) is 0 Å². The van der Waals surface area contributed by atoms with Crippen molar-refractivity contribution in [2.45, 2.75) is 20.3 Å². The lowest BCUT2D eigenvalue weighted by atomic mass is 10.1. The Balaban J connectivity index is 3.34. The lowest BCUT2D eigenvalue weighted by Crippen LogP contribution is -2.05. The first-order valence-electron chi connectivity index (χ1n) is 4.79. The zero-order chi connectivity index (χ0) is 11.4. The van der Waals surface area contributed by atoms with E-state index in [1.165, 1.54) is 6.07 Å². The van der Waals surface area contributed by atoms with Gasteiger partial charge in [0.1, 0.15) is 11.3 Å². The topological polar surface area (TPSA) is 46.5 Å². The molecule has 0 saturated carbocycles. The fraction of sp³-hybridized carbons (Fsp3) is 0.364. The predicted octanol–water partition coefficient (Wildman–Crippen LogP) is 3.00. The zero-order valence-corrected chi connectivity index (χ0v) is 9.47. The third-order valence-electron chi connectivity index (χ3n) is 2.08. The van der Waals surface area contributed by atoms with Crippen LogP contribution in [0, 0.1) is 0 Å². The van der Waals surface area contributed by atoms with Gasteiger partial charge in [0.15, 0.2) is 0 Å². The largest absolute Gasteiger partial charge is 0.493 e. The van der Waals surface area contributed by atoms with Crippen LogP contribution in [0.5, 0.6) is 5.75 Å². The Labute approximate surface area is 93.6 Å². The maximum absolute atomic E-state index is 11.0. The van der Waals surface area contributed by atoms with Crippen molar-refractivity contribution in [2.75, 3.05) is 6.61 Å². The number of halogens is 1.